The molecule has 4 fully saturated rings. The molecule has 0 aromatic heterocycles. The first-order valence-electron chi connectivity index (χ1n) is 9.12. The number of halogens is 1. The summed E-state index contributed by atoms with van der Waals surface area (Å²) < 4.78 is 0. The second-order valence-corrected chi connectivity index (χ2v) is 9.56. The summed E-state index contributed by atoms with van der Waals surface area (Å²) in [6, 6.07) is 0. The Bertz CT molecular complexity index is 460. The first-order chi connectivity index (χ1) is 9.95. The van der Waals surface area contributed by atoms with Crippen LogP contribution in [0.1, 0.15) is 71.6 Å². The quantitative estimate of drug-likeness (QED) is 0.562. The van der Waals surface area contributed by atoms with Gasteiger partial charge in [-0.25, -0.2) is 0 Å². The highest BCUT2D eigenvalue weighted by atomic mass is 35.5. The highest BCUT2D eigenvalue weighted by Crippen LogP contribution is 2.65. The van der Waals surface area contributed by atoms with Crippen LogP contribution in [0, 0.1) is 34.5 Å². The van der Waals surface area contributed by atoms with Gasteiger partial charge in [0.1, 0.15) is 5.78 Å². The van der Waals surface area contributed by atoms with Crippen molar-refractivity contribution in [2.24, 2.45) is 34.5 Å². The Morgan fingerprint density at radius 3 is 2.62 bits per heavy atom. The standard InChI is InChI=1S/C19H29ClO/c1-18-9-7-13(20)11-12(18)3-4-14-15-5-6-17(21)19(15,2)10-8-16(14)18/h12-16H,3-11H2,1-2H3/t12?,13?,14-,15-,16+,18-,19-/m0/s1. The van der Waals surface area contributed by atoms with E-state index in [0.717, 1.165) is 30.6 Å². The molecule has 21 heavy (non-hydrogen) atoms. The van der Waals surface area contributed by atoms with Crippen LogP contribution < -0.4 is 0 Å². The van der Waals surface area contributed by atoms with Crippen LogP contribution >= 0.6 is 11.6 Å². The van der Waals surface area contributed by atoms with Crippen molar-refractivity contribution < 1.29 is 4.79 Å². The van der Waals surface area contributed by atoms with Gasteiger partial charge in [0, 0.05) is 17.2 Å². The molecule has 4 aliphatic rings. The lowest BCUT2D eigenvalue weighted by molar-refractivity contribution is -0.138. The zero-order chi connectivity index (χ0) is 14.8. The molecule has 1 nitrogen and oxygen atoms in total. The van der Waals surface area contributed by atoms with Crippen LogP contribution in [-0.2, 0) is 4.79 Å². The molecule has 0 heterocycles. The van der Waals surface area contributed by atoms with Crippen LogP contribution in [0.25, 0.3) is 0 Å². The Hall–Kier alpha value is -0.0400. The predicted molar refractivity (Wildman–Crippen MR) is 86.4 cm³/mol. The average molecular weight is 309 g/mol. The maximum atomic E-state index is 12.4. The average Bonchev–Trinajstić information content (AvgIpc) is 2.76. The molecule has 118 valence electrons. The number of carbonyl (C=O) groups excluding carboxylic acids is 1. The zero-order valence-electron chi connectivity index (χ0n) is 13.5. The fourth-order valence-corrected chi connectivity index (χ4v) is 7.30. The Kier molecular flexibility index (Phi) is 3.27. The van der Waals surface area contributed by atoms with Gasteiger partial charge in [0.05, 0.1) is 0 Å². The smallest absolute Gasteiger partial charge is 0.139 e. The Morgan fingerprint density at radius 1 is 1.00 bits per heavy atom. The van der Waals surface area contributed by atoms with Crippen LogP contribution in [-0.4, -0.2) is 11.2 Å². The predicted octanol–water partition coefficient (Wildman–Crippen LogP) is 5.21. The molecule has 4 rings (SSSR count). The van der Waals surface area contributed by atoms with E-state index in [1.54, 1.807) is 0 Å². The topological polar surface area (TPSA) is 17.1 Å². The van der Waals surface area contributed by atoms with E-state index in [2.05, 4.69) is 13.8 Å². The molecule has 0 aromatic carbocycles. The van der Waals surface area contributed by atoms with Crippen LogP contribution in [0.4, 0.5) is 0 Å². The third-order valence-electron chi connectivity index (χ3n) is 8.31. The van der Waals surface area contributed by atoms with E-state index in [-0.39, 0.29) is 5.41 Å². The molecule has 4 saturated carbocycles. The number of alkyl halides is 1. The lowest BCUT2D eigenvalue weighted by atomic mass is 9.45. The van der Waals surface area contributed by atoms with E-state index < -0.39 is 0 Å². The third-order valence-corrected chi connectivity index (χ3v) is 8.71. The van der Waals surface area contributed by atoms with E-state index in [4.69, 9.17) is 11.6 Å². The van der Waals surface area contributed by atoms with Crippen LogP contribution in [0.3, 0.4) is 0 Å². The zero-order valence-corrected chi connectivity index (χ0v) is 14.3. The lowest BCUT2D eigenvalue weighted by Crippen LogP contribution is -2.53. The minimum absolute atomic E-state index is 0.0358. The molecular formula is C19H29ClO. The fourth-order valence-electron chi connectivity index (χ4n) is 6.98. The summed E-state index contributed by atoms with van der Waals surface area (Å²) in [4.78, 5) is 12.4. The maximum Gasteiger partial charge on any atom is 0.139 e. The van der Waals surface area contributed by atoms with E-state index >= 15 is 0 Å². The molecule has 2 heteroatoms. The Balaban J connectivity index is 1.64. The fraction of sp³-hybridized carbons (Fsp3) is 0.947. The molecule has 0 radical (unpaired) electrons. The summed E-state index contributed by atoms with van der Waals surface area (Å²) >= 11 is 6.46. The molecule has 0 spiro atoms. The molecule has 0 N–H and O–H groups in total. The van der Waals surface area contributed by atoms with Gasteiger partial charge >= 0.3 is 0 Å². The highest BCUT2D eigenvalue weighted by molar-refractivity contribution is 6.20. The molecule has 0 aliphatic heterocycles. The van der Waals surface area contributed by atoms with Crippen LogP contribution in [0.5, 0.6) is 0 Å². The van der Waals surface area contributed by atoms with Crippen molar-refractivity contribution in [1.29, 1.82) is 0 Å². The molecule has 2 unspecified atom stereocenters. The Labute approximate surface area is 134 Å². The SMILES string of the molecule is C[C@]12CCC(Cl)CC1CC[C@@H]1[C@H]2CC[C@]2(C)C(=O)CC[C@@H]12. The van der Waals surface area contributed by atoms with Gasteiger partial charge in [0.15, 0.2) is 0 Å². The normalized spacial score (nSPS) is 56.5. The summed E-state index contributed by atoms with van der Waals surface area (Å²) in [6.07, 6.45) is 11.0. The highest BCUT2D eigenvalue weighted by Gasteiger charge is 2.60. The molecule has 0 bridgehead atoms. The number of hydrogen-bond acceptors (Lipinski definition) is 1. The minimum atomic E-state index is 0.0358. The number of carbonyl (C=O) groups is 1. The number of ketones is 1. The van der Waals surface area contributed by atoms with E-state index in [1.165, 1.54) is 44.9 Å². The van der Waals surface area contributed by atoms with Crippen molar-refractivity contribution in [3.8, 4) is 0 Å². The van der Waals surface area contributed by atoms with Crippen LogP contribution in [0.2, 0.25) is 0 Å². The number of Topliss-reactive ketones (excluding diaryl/α,β-unsaturated/α-hetero) is 1. The van der Waals surface area contributed by atoms with Crippen molar-refractivity contribution in [3.63, 3.8) is 0 Å². The van der Waals surface area contributed by atoms with Gasteiger partial charge in [-0.05, 0) is 80.5 Å². The molecule has 4 aliphatic carbocycles. The van der Waals surface area contributed by atoms with Gasteiger partial charge in [0.25, 0.3) is 0 Å². The first kappa shape index (κ1) is 14.5. The van der Waals surface area contributed by atoms with E-state index in [9.17, 15) is 4.79 Å². The van der Waals surface area contributed by atoms with Crippen molar-refractivity contribution in [2.75, 3.05) is 0 Å². The minimum Gasteiger partial charge on any atom is -0.299 e. The van der Waals surface area contributed by atoms with Gasteiger partial charge in [-0.2, -0.15) is 0 Å². The summed E-state index contributed by atoms with van der Waals surface area (Å²) in [5.41, 5.74) is 0.551. The molecule has 0 saturated heterocycles. The summed E-state index contributed by atoms with van der Waals surface area (Å²) in [7, 11) is 0. The second kappa shape index (κ2) is 4.73. The second-order valence-electron chi connectivity index (χ2n) is 8.95. The summed E-state index contributed by atoms with van der Waals surface area (Å²) in [5, 5.41) is 0.418. The summed E-state index contributed by atoms with van der Waals surface area (Å²) in [5.74, 6) is 3.79. The molecule has 0 amide bonds. The van der Waals surface area contributed by atoms with Crippen molar-refractivity contribution >= 4 is 17.4 Å². The molecule has 7 atom stereocenters. The Morgan fingerprint density at radius 2 is 1.81 bits per heavy atom. The number of hydrogen-bond donors (Lipinski definition) is 0. The van der Waals surface area contributed by atoms with Crippen molar-refractivity contribution in [2.45, 2.75) is 77.0 Å². The molecule has 0 aromatic rings. The van der Waals surface area contributed by atoms with E-state index in [0.29, 0.717) is 22.5 Å². The molecular weight excluding hydrogens is 280 g/mol. The van der Waals surface area contributed by atoms with E-state index in [1.807, 2.05) is 0 Å². The number of fused-ring (bicyclic) bond motifs is 5. The van der Waals surface area contributed by atoms with Gasteiger partial charge in [-0.15, -0.1) is 11.6 Å². The maximum absolute atomic E-state index is 12.4. The largest absolute Gasteiger partial charge is 0.299 e. The van der Waals surface area contributed by atoms with Gasteiger partial charge in [0.2, 0.25) is 0 Å². The van der Waals surface area contributed by atoms with Gasteiger partial charge in [-0.3, -0.25) is 4.79 Å². The first-order valence-corrected chi connectivity index (χ1v) is 9.56. The lowest BCUT2D eigenvalue weighted by Gasteiger charge is -2.60. The van der Waals surface area contributed by atoms with Crippen molar-refractivity contribution in [1.82, 2.24) is 0 Å². The van der Waals surface area contributed by atoms with Gasteiger partial charge < -0.3 is 0 Å². The van der Waals surface area contributed by atoms with Crippen LogP contribution in [0.15, 0.2) is 0 Å². The third kappa shape index (κ3) is 1.92. The number of rotatable bonds is 0. The monoisotopic (exact) mass is 308 g/mol. The van der Waals surface area contributed by atoms with Crippen molar-refractivity contribution in [3.05, 3.63) is 0 Å². The summed E-state index contributed by atoms with van der Waals surface area (Å²) in [6.45, 7) is 4.85. The van der Waals surface area contributed by atoms with Gasteiger partial charge in [-0.1, -0.05) is 13.8 Å².